The molecule has 0 aromatic carbocycles. The third kappa shape index (κ3) is 2.88. The highest BCUT2D eigenvalue weighted by Gasteiger charge is 2.26. The standard InChI is InChI=1S/C14H20N2O2/c1-6-9-16(14(3,4)5)12-11(13(17)18)10(2)7-8-15-12/h6-8H,1,9H2,2-5H3,(H,17,18). The molecule has 0 aliphatic heterocycles. The van der Waals surface area contributed by atoms with E-state index in [1.165, 1.54) is 0 Å². The number of hydrogen-bond acceptors (Lipinski definition) is 3. The van der Waals surface area contributed by atoms with Crippen molar-refractivity contribution in [1.29, 1.82) is 0 Å². The first kappa shape index (κ1) is 14.2. The summed E-state index contributed by atoms with van der Waals surface area (Å²) in [7, 11) is 0. The lowest BCUT2D eigenvalue weighted by atomic mass is 10.0. The number of rotatable bonds is 4. The van der Waals surface area contributed by atoms with Crippen LogP contribution in [-0.4, -0.2) is 28.1 Å². The number of hydrogen-bond donors (Lipinski definition) is 1. The first-order valence-electron chi connectivity index (χ1n) is 5.86. The summed E-state index contributed by atoms with van der Waals surface area (Å²) in [6, 6.07) is 1.71. The Morgan fingerprint density at radius 2 is 2.17 bits per heavy atom. The molecule has 18 heavy (non-hydrogen) atoms. The minimum Gasteiger partial charge on any atom is -0.478 e. The Morgan fingerprint density at radius 3 is 2.61 bits per heavy atom. The minimum absolute atomic E-state index is 0.223. The summed E-state index contributed by atoms with van der Waals surface area (Å²) >= 11 is 0. The summed E-state index contributed by atoms with van der Waals surface area (Å²) in [6.45, 7) is 12.1. The highest BCUT2D eigenvalue weighted by Crippen LogP contribution is 2.27. The maximum absolute atomic E-state index is 11.4. The summed E-state index contributed by atoms with van der Waals surface area (Å²) in [5, 5.41) is 9.34. The van der Waals surface area contributed by atoms with E-state index in [0.717, 1.165) is 0 Å². The predicted molar refractivity (Wildman–Crippen MR) is 73.2 cm³/mol. The maximum atomic E-state index is 11.4. The lowest BCUT2D eigenvalue weighted by Gasteiger charge is -2.36. The zero-order valence-corrected chi connectivity index (χ0v) is 11.4. The topological polar surface area (TPSA) is 53.4 Å². The van der Waals surface area contributed by atoms with Gasteiger partial charge < -0.3 is 10.0 Å². The number of pyridine rings is 1. The van der Waals surface area contributed by atoms with Crippen molar-refractivity contribution >= 4 is 11.8 Å². The second-order valence-corrected chi connectivity index (χ2v) is 5.20. The molecule has 0 amide bonds. The molecule has 0 bridgehead atoms. The van der Waals surface area contributed by atoms with Gasteiger partial charge in [-0.3, -0.25) is 0 Å². The Hall–Kier alpha value is -1.84. The Bertz CT molecular complexity index is 461. The maximum Gasteiger partial charge on any atom is 0.339 e. The number of carboxylic acids is 1. The van der Waals surface area contributed by atoms with Gasteiger partial charge in [0.2, 0.25) is 0 Å². The smallest absolute Gasteiger partial charge is 0.339 e. The Balaban J connectivity index is 3.41. The van der Waals surface area contributed by atoms with Crippen molar-refractivity contribution in [3.05, 3.63) is 36.0 Å². The highest BCUT2D eigenvalue weighted by atomic mass is 16.4. The van der Waals surface area contributed by atoms with E-state index in [0.29, 0.717) is 17.9 Å². The van der Waals surface area contributed by atoms with Crippen molar-refractivity contribution in [3.8, 4) is 0 Å². The average molecular weight is 248 g/mol. The average Bonchev–Trinajstić information content (AvgIpc) is 2.23. The van der Waals surface area contributed by atoms with Crippen LogP contribution in [0, 0.1) is 6.92 Å². The Kier molecular flexibility index (Phi) is 4.11. The summed E-state index contributed by atoms with van der Waals surface area (Å²) in [4.78, 5) is 17.6. The van der Waals surface area contributed by atoms with E-state index in [-0.39, 0.29) is 11.1 Å². The van der Waals surface area contributed by atoms with E-state index in [9.17, 15) is 9.90 Å². The molecule has 0 saturated heterocycles. The molecule has 0 unspecified atom stereocenters. The Morgan fingerprint density at radius 1 is 1.56 bits per heavy atom. The molecule has 1 aromatic rings. The van der Waals surface area contributed by atoms with Crippen molar-refractivity contribution < 1.29 is 9.90 Å². The quantitative estimate of drug-likeness (QED) is 0.832. The number of nitrogens with zero attached hydrogens (tertiary/aromatic N) is 2. The molecule has 0 aliphatic carbocycles. The van der Waals surface area contributed by atoms with Crippen molar-refractivity contribution in [2.45, 2.75) is 33.2 Å². The fraction of sp³-hybridized carbons (Fsp3) is 0.429. The van der Waals surface area contributed by atoms with E-state index in [4.69, 9.17) is 0 Å². The molecule has 1 N–H and O–H groups in total. The van der Waals surface area contributed by atoms with Gasteiger partial charge in [-0.1, -0.05) is 6.08 Å². The largest absolute Gasteiger partial charge is 0.478 e. The van der Waals surface area contributed by atoms with Crippen LogP contribution in [0.5, 0.6) is 0 Å². The molecule has 0 aliphatic rings. The molecule has 0 saturated carbocycles. The second-order valence-electron chi connectivity index (χ2n) is 5.20. The highest BCUT2D eigenvalue weighted by molar-refractivity contribution is 5.95. The van der Waals surface area contributed by atoms with Crippen LogP contribution in [0.2, 0.25) is 0 Å². The van der Waals surface area contributed by atoms with Crippen LogP contribution in [0.4, 0.5) is 5.82 Å². The number of aromatic nitrogens is 1. The van der Waals surface area contributed by atoms with Crippen LogP contribution < -0.4 is 4.90 Å². The van der Waals surface area contributed by atoms with E-state index in [1.54, 1.807) is 25.3 Å². The first-order chi connectivity index (χ1) is 8.29. The molecule has 4 heteroatoms. The van der Waals surface area contributed by atoms with Crippen LogP contribution in [0.1, 0.15) is 36.7 Å². The van der Waals surface area contributed by atoms with E-state index < -0.39 is 5.97 Å². The fourth-order valence-corrected chi connectivity index (χ4v) is 1.82. The van der Waals surface area contributed by atoms with Gasteiger partial charge >= 0.3 is 5.97 Å². The van der Waals surface area contributed by atoms with Crippen LogP contribution in [0.15, 0.2) is 24.9 Å². The summed E-state index contributed by atoms with van der Waals surface area (Å²) in [5.41, 5.74) is 0.749. The van der Waals surface area contributed by atoms with Gasteiger partial charge in [0.1, 0.15) is 11.4 Å². The number of aromatic carboxylic acids is 1. The van der Waals surface area contributed by atoms with Gasteiger partial charge in [-0.05, 0) is 39.3 Å². The van der Waals surface area contributed by atoms with Crippen molar-refractivity contribution in [2.75, 3.05) is 11.4 Å². The molecule has 4 nitrogen and oxygen atoms in total. The van der Waals surface area contributed by atoms with Gasteiger partial charge in [-0.25, -0.2) is 9.78 Å². The third-order valence-electron chi connectivity index (χ3n) is 2.73. The molecule has 1 rings (SSSR count). The van der Waals surface area contributed by atoms with Crippen molar-refractivity contribution in [1.82, 2.24) is 4.98 Å². The predicted octanol–water partition coefficient (Wildman–Crippen LogP) is 2.88. The molecular weight excluding hydrogens is 228 g/mol. The van der Waals surface area contributed by atoms with Crippen molar-refractivity contribution in [2.24, 2.45) is 0 Å². The second kappa shape index (κ2) is 5.21. The molecule has 1 aromatic heterocycles. The normalized spacial score (nSPS) is 11.1. The molecule has 0 radical (unpaired) electrons. The summed E-state index contributed by atoms with van der Waals surface area (Å²) < 4.78 is 0. The lowest BCUT2D eigenvalue weighted by molar-refractivity contribution is 0.0696. The van der Waals surface area contributed by atoms with Crippen LogP contribution in [-0.2, 0) is 0 Å². The van der Waals surface area contributed by atoms with E-state index in [2.05, 4.69) is 11.6 Å². The SMILES string of the molecule is C=CCN(c1nccc(C)c1C(=O)O)C(C)(C)C. The van der Waals surface area contributed by atoms with Gasteiger partial charge in [0.15, 0.2) is 0 Å². The van der Waals surface area contributed by atoms with E-state index in [1.807, 2.05) is 25.7 Å². The van der Waals surface area contributed by atoms with Crippen molar-refractivity contribution in [3.63, 3.8) is 0 Å². The molecule has 0 atom stereocenters. The fourth-order valence-electron chi connectivity index (χ4n) is 1.82. The zero-order valence-electron chi connectivity index (χ0n) is 11.4. The molecule has 0 spiro atoms. The third-order valence-corrected chi connectivity index (χ3v) is 2.73. The number of anilines is 1. The zero-order chi connectivity index (χ0) is 13.9. The molecule has 1 heterocycles. The van der Waals surface area contributed by atoms with Gasteiger partial charge in [-0.2, -0.15) is 0 Å². The van der Waals surface area contributed by atoms with Crippen LogP contribution in [0.25, 0.3) is 0 Å². The molecule has 98 valence electrons. The first-order valence-corrected chi connectivity index (χ1v) is 5.86. The van der Waals surface area contributed by atoms with Gasteiger partial charge in [0.25, 0.3) is 0 Å². The van der Waals surface area contributed by atoms with Crippen LogP contribution >= 0.6 is 0 Å². The molecular formula is C14H20N2O2. The lowest BCUT2D eigenvalue weighted by Crippen LogP contribution is -2.43. The van der Waals surface area contributed by atoms with Gasteiger partial charge in [0, 0.05) is 18.3 Å². The van der Waals surface area contributed by atoms with E-state index >= 15 is 0 Å². The minimum atomic E-state index is -0.950. The number of carbonyl (C=O) groups is 1. The van der Waals surface area contributed by atoms with Gasteiger partial charge in [-0.15, -0.1) is 6.58 Å². The summed E-state index contributed by atoms with van der Waals surface area (Å²) in [6.07, 6.45) is 3.39. The van der Waals surface area contributed by atoms with Crippen LogP contribution in [0.3, 0.4) is 0 Å². The number of carboxylic acid groups (broad SMARTS) is 1. The number of aryl methyl sites for hydroxylation is 1. The monoisotopic (exact) mass is 248 g/mol. The Labute approximate surface area is 108 Å². The summed E-state index contributed by atoms with van der Waals surface area (Å²) in [5.74, 6) is -0.455. The van der Waals surface area contributed by atoms with Gasteiger partial charge in [0.05, 0.1) is 0 Å². The molecule has 0 fully saturated rings.